The van der Waals surface area contributed by atoms with Crippen molar-refractivity contribution in [3.63, 3.8) is 0 Å². The number of hydrogen-bond acceptors (Lipinski definition) is 4. The molecular formula is C9H14N2O3S. The van der Waals surface area contributed by atoms with E-state index >= 15 is 0 Å². The van der Waals surface area contributed by atoms with Gasteiger partial charge in [-0.1, -0.05) is 24.3 Å². The Balaban J connectivity index is 4.36. The standard InChI is InChI=1S/C9H14N2O3S/c1-8(6-7-15(12,13)14)4-5-9(2)11-10-3/h4-6H,2,7H2,1,3H3,(H,12,13,14)/b5-4-,8-6-,11-10?. The van der Waals surface area contributed by atoms with E-state index in [0.717, 1.165) is 0 Å². The van der Waals surface area contributed by atoms with Gasteiger partial charge in [0, 0.05) is 7.05 Å². The van der Waals surface area contributed by atoms with Gasteiger partial charge in [0.25, 0.3) is 10.1 Å². The fraction of sp³-hybridized carbons (Fsp3) is 0.333. The van der Waals surface area contributed by atoms with E-state index in [1.54, 1.807) is 19.1 Å². The average molecular weight is 230 g/mol. The van der Waals surface area contributed by atoms with E-state index in [4.69, 9.17) is 4.55 Å². The maximum Gasteiger partial charge on any atom is 0.268 e. The van der Waals surface area contributed by atoms with E-state index in [-0.39, 0.29) is 0 Å². The topological polar surface area (TPSA) is 79.1 Å². The third kappa shape index (κ3) is 9.04. The molecule has 6 heteroatoms. The Morgan fingerprint density at radius 1 is 1.47 bits per heavy atom. The first-order valence-electron chi connectivity index (χ1n) is 4.14. The lowest BCUT2D eigenvalue weighted by Gasteiger charge is -1.92. The second-order valence-corrected chi connectivity index (χ2v) is 4.32. The maximum atomic E-state index is 10.4. The molecule has 0 unspecified atom stereocenters. The molecule has 0 saturated heterocycles. The summed E-state index contributed by atoms with van der Waals surface area (Å²) in [5.74, 6) is -0.398. The number of allylic oxidation sites excluding steroid dienone is 3. The first-order chi connectivity index (χ1) is 6.85. The highest BCUT2D eigenvalue weighted by Crippen LogP contribution is 2.01. The Morgan fingerprint density at radius 3 is 2.53 bits per heavy atom. The van der Waals surface area contributed by atoms with Crippen LogP contribution in [-0.2, 0) is 10.1 Å². The van der Waals surface area contributed by atoms with Crippen LogP contribution in [0.2, 0.25) is 0 Å². The molecule has 84 valence electrons. The molecule has 0 rings (SSSR count). The molecule has 15 heavy (non-hydrogen) atoms. The third-order valence-corrected chi connectivity index (χ3v) is 1.97. The minimum Gasteiger partial charge on any atom is -0.285 e. The van der Waals surface area contributed by atoms with Crippen LogP contribution in [0.3, 0.4) is 0 Å². The minimum atomic E-state index is -3.94. The molecule has 0 aliphatic heterocycles. The van der Waals surface area contributed by atoms with Crippen molar-refractivity contribution >= 4 is 10.1 Å². The molecule has 0 aliphatic carbocycles. The van der Waals surface area contributed by atoms with Crippen LogP contribution in [0.1, 0.15) is 6.92 Å². The molecule has 0 spiro atoms. The average Bonchev–Trinajstić information content (AvgIpc) is 2.11. The molecule has 0 bridgehead atoms. The van der Waals surface area contributed by atoms with Gasteiger partial charge in [-0.2, -0.15) is 18.6 Å². The minimum absolute atomic E-state index is 0.398. The van der Waals surface area contributed by atoms with E-state index in [9.17, 15) is 8.42 Å². The zero-order valence-electron chi connectivity index (χ0n) is 8.71. The van der Waals surface area contributed by atoms with E-state index < -0.39 is 15.9 Å². The van der Waals surface area contributed by atoms with E-state index in [0.29, 0.717) is 11.3 Å². The molecule has 0 amide bonds. The Hall–Kier alpha value is -1.27. The molecule has 0 saturated carbocycles. The van der Waals surface area contributed by atoms with Crippen LogP contribution in [0, 0.1) is 0 Å². The number of azo groups is 1. The summed E-state index contributed by atoms with van der Waals surface area (Å²) < 4.78 is 29.3. The second-order valence-electron chi connectivity index (χ2n) is 2.82. The SMILES string of the molecule is C=C(/C=C\C(C)=C/CS(=O)(=O)O)N=NC. The second kappa shape index (κ2) is 6.26. The van der Waals surface area contributed by atoms with Crippen LogP contribution in [0.4, 0.5) is 0 Å². The van der Waals surface area contributed by atoms with Gasteiger partial charge in [-0.05, 0) is 13.0 Å². The Kier molecular flexibility index (Phi) is 5.73. The maximum absolute atomic E-state index is 10.4. The summed E-state index contributed by atoms with van der Waals surface area (Å²) in [5, 5.41) is 7.17. The van der Waals surface area contributed by atoms with Gasteiger partial charge in [0.05, 0.1) is 11.4 Å². The van der Waals surface area contributed by atoms with Crippen molar-refractivity contribution in [2.45, 2.75) is 6.92 Å². The molecule has 0 aromatic carbocycles. The first kappa shape index (κ1) is 13.7. The summed E-state index contributed by atoms with van der Waals surface area (Å²) in [7, 11) is -2.41. The molecule has 0 radical (unpaired) electrons. The molecule has 0 fully saturated rings. The highest BCUT2D eigenvalue weighted by atomic mass is 32.2. The van der Waals surface area contributed by atoms with Crippen molar-refractivity contribution in [1.29, 1.82) is 0 Å². The van der Waals surface area contributed by atoms with Crippen molar-refractivity contribution in [2.75, 3.05) is 12.8 Å². The van der Waals surface area contributed by atoms with E-state index in [1.807, 2.05) is 0 Å². The number of rotatable bonds is 5. The molecule has 5 nitrogen and oxygen atoms in total. The smallest absolute Gasteiger partial charge is 0.268 e. The van der Waals surface area contributed by atoms with Crippen molar-refractivity contribution in [2.24, 2.45) is 10.2 Å². The highest BCUT2D eigenvalue weighted by molar-refractivity contribution is 7.85. The van der Waals surface area contributed by atoms with Gasteiger partial charge in [-0.3, -0.25) is 4.55 Å². The van der Waals surface area contributed by atoms with E-state index in [2.05, 4.69) is 16.8 Å². The Labute approximate surface area is 89.7 Å². The van der Waals surface area contributed by atoms with Gasteiger partial charge >= 0.3 is 0 Å². The first-order valence-corrected chi connectivity index (χ1v) is 5.75. The van der Waals surface area contributed by atoms with Gasteiger partial charge in [-0.25, -0.2) is 0 Å². The normalized spacial score (nSPS) is 13.9. The van der Waals surface area contributed by atoms with Gasteiger partial charge in [0.1, 0.15) is 0 Å². The van der Waals surface area contributed by atoms with Crippen molar-refractivity contribution in [1.82, 2.24) is 0 Å². The summed E-state index contributed by atoms with van der Waals surface area (Å²) in [6.45, 7) is 5.29. The van der Waals surface area contributed by atoms with Crippen LogP contribution in [0.5, 0.6) is 0 Å². The van der Waals surface area contributed by atoms with Crippen molar-refractivity contribution in [3.05, 3.63) is 36.1 Å². The predicted octanol–water partition coefficient (Wildman–Crippen LogP) is 1.97. The van der Waals surface area contributed by atoms with Crippen LogP contribution >= 0.6 is 0 Å². The molecule has 0 aromatic rings. The zero-order chi connectivity index (χ0) is 11.9. The fourth-order valence-electron chi connectivity index (χ4n) is 0.694. The Bertz CT molecular complexity index is 405. The Morgan fingerprint density at radius 2 is 2.07 bits per heavy atom. The summed E-state index contributed by atoms with van der Waals surface area (Å²) in [6.07, 6.45) is 4.63. The zero-order valence-corrected chi connectivity index (χ0v) is 9.53. The summed E-state index contributed by atoms with van der Waals surface area (Å²) >= 11 is 0. The van der Waals surface area contributed by atoms with Gasteiger partial charge in [0.15, 0.2) is 0 Å². The van der Waals surface area contributed by atoms with Crippen LogP contribution in [-0.4, -0.2) is 25.8 Å². The van der Waals surface area contributed by atoms with Gasteiger partial charge in [0.2, 0.25) is 0 Å². The summed E-state index contributed by atoms with van der Waals surface area (Å²) in [5.41, 5.74) is 1.16. The molecule has 0 heterocycles. The molecular weight excluding hydrogens is 216 g/mol. The molecule has 1 N–H and O–H groups in total. The lowest BCUT2D eigenvalue weighted by atomic mass is 10.2. The predicted molar refractivity (Wildman–Crippen MR) is 59.2 cm³/mol. The number of nitrogens with zero attached hydrogens (tertiary/aromatic N) is 2. The fourth-order valence-corrected chi connectivity index (χ4v) is 1.17. The molecule has 0 atom stereocenters. The van der Waals surface area contributed by atoms with Crippen LogP contribution in [0.15, 0.2) is 46.3 Å². The number of hydrogen-bond donors (Lipinski definition) is 1. The van der Waals surface area contributed by atoms with Crippen LogP contribution in [0.25, 0.3) is 0 Å². The largest absolute Gasteiger partial charge is 0.285 e. The lowest BCUT2D eigenvalue weighted by molar-refractivity contribution is 0.486. The third-order valence-electron chi connectivity index (χ3n) is 1.38. The summed E-state index contributed by atoms with van der Waals surface area (Å²) in [4.78, 5) is 0. The van der Waals surface area contributed by atoms with Crippen molar-refractivity contribution in [3.8, 4) is 0 Å². The molecule has 0 aromatic heterocycles. The van der Waals surface area contributed by atoms with Gasteiger partial charge < -0.3 is 0 Å². The molecule has 0 aliphatic rings. The van der Waals surface area contributed by atoms with Crippen molar-refractivity contribution < 1.29 is 13.0 Å². The van der Waals surface area contributed by atoms with Gasteiger partial charge in [-0.15, -0.1) is 0 Å². The monoisotopic (exact) mass is 230 g/mol. The highest BCUT2D eigenvalue weighted by Gasteiger charge is 1.99. The summed E-state index contributed by atoms with van der Waals surface area (Å²) in [6, 6.07) is 0. The quantitative estimate of drug-likeness (QED) is 0.445. The van der Waals surface area contributed by atoms with Crippen LogP contribution < -0.4 is 0 Å². The van der Waals surface area contributed by atoms with E-state index in [1.165, 1.54) is 13.1 Å². The lowest BCUT2D eigenvalue weighted by Crippen LogP contribution is -2.00.